The summed E-state index contributed by atoms with van der Waals surface area (Å²) in [6, 6.07) is 0. The monoisotopic (exact) mass is 276 g/mol. The largest absolute Gasteiger partial charge is 1.00 e. The van der Waals surface area contributed by atoms with Gasteiger partial charge in [-0.05, 0) is 23.9 Å². The zero-order valence-electron chi connectivity index (χ0n) is 11.2. The number of carbonyl (C=O) groups is 2. The zero-order valence-corrected chi connectivity index (χ0v) is 14.0. The summed E-state index contributed by atoms with van der Waals surface area (Å²) in [6.45, 7) is 7.54. The molecule has 1 N–H and O–H groups in total. The molecule has 0 spiro atoms. The topological polar surface area (TPSA) is 58.5 Å². The number of allylic oxidation sites excluding steroid dienone is 1. The average Bonchev–Trinajstić information content (AvgIpc) is 2.23. The molecule has 1 unspecified atom stereocenters. The van der Waals surface area contributed by atoms with Crippen LogP contribution in [-0.4, -0.2) is 17.0 Å². The number of hydrogen-bond acceptors (Lipinski definition) is 3. The number of nitrogens with zero attached hydrogens (tertiary/aromatic N) is 1. The summed E-state index contributed by atoms with van der Waals surface area (Å²) in [5.41, 5.74) is -1.12. The van der Waals surface area contributed by atoms with Crippen molar-refractivity contribution in [2.24, 2.45) is 16.3 Å². The van der Waals surface area contributed by atoms with E-state index in [-0.39, 0.29) is 46.6 Å². The van der Waals surface area contributed by atoms with Crippen molar-refractivity contribution in [3.63, 3.8) is 0 Å². The van der Waals surface area contributed by atoms with E-state index < -0.39 is 11.3 Å². The Morgan fingerprint density at radius 1 is 1.56 bits per heavy atom. The summed E-state index contributed by atoms with van der Waals surface area (Å²) in [5, 5.41) is 2.44. The Bertz CT molecular complexity index is 384. The van der Waals surface area contributed by atoms with E-state index in [1.807, 2.05) is 13.8 Å². The van der Waals surface area contributed by atoms with E-state index in [9.17, 15) is 9.59 Å². The van der Waals surface area contributed by atoms with Crippen LogP contribution in [0.25, 0.3) is 0 Å². The van der Waals surface area contributed by atoms with Gasteiger partial charge in [0.15, 0.2) is 0 Å². The van der Waals surface area contributed by atoms with Gasteiger partial charge in [-0.15, -0.1) is 6.58 Å². The van der Waals surface area contributed by atoms with Gasteiger partial charge in [0.05, 0.1) is 0 Å². The fraction of sp³-hybridized carbons (Fsp3) is 0.583. The first-order valence-electron chi connectivity index (χ1n) is 5.71. The predicted molar refractivity (Wildman–Crippen MR) is 69.3 cm³/mol. The minimum Gasteiger partial charge on any atom is -0.742 e. The molecule has 2 atom stereocenters. The van der Waals surface area contributed by atoms with Gasteiger partial charge in [0.1, 0.15) is 5.41 Å². The molecule has 0 aromatic rings. The van der Waals surface area contributed by atoms with Gasteiger partial charge < -0.3 is 17.9 Å². The Morgan fingerprint density at radius 3 is 2.61 bits per heavy atom. The van der Waals surface area contributed by atoms with Crippen LogP contribution in [0.5, 0.6) is 0 Å². The summed E-state index contributed by atoms with van der Waals surface area (Å²) >= 11 is 4.75. The predicted octanol–water partition coefficient (Wildman–Crippen LogP) is -1.45. The molecule has 1 rings (SSSR count). The molecule has 1 aliphatic heterocycles. The second-order valence-electron chi connectivity index (χ2n) is 4.33. The molecule has 0 aromatic heterocycles. The molecule has 18 heavy (non-hydrogen) atoms. The molecular formula is C12H17N2NaO2S. The van der Waals surface area contributed by atoms with E-state index in [0.717, 1.165) is 12.8 Å². The van der Waals surface area contributed by atoms with Gasteiger partial charge in [0.2, 0.25) is 5.91 Å². The molecule has 1 aliphatic rings. The molecule has 4 nitrogen and oxygen atoms in total. The van der Waals surface area contributed by atoms with Crippen molar-refractivity contribution in [2.45, 2.75) is 33.1 Å². The normalized spacial score (nSPS) is 24.7. The van der Waals surface area contributed by atoms with Gasteiger partial charge in [0, 0.05) is 0 Å². The zero-order chi connectivity index (χ0) is 13.1. The first-order valence-corrected chi connectivity index (χ1v) is 6.12. The molecule has 0 radical (unpaired) electrons. The number of amidine groups is 1. The van der Waals surface area contributed by atoms with E-state index in [2.05, 4.69) is 16.9 Å². The fourth-order valence-electron chi connectivity index (χ4n) is 2.25. The van der Waals surface area contributed by atoms with E-state index in [1.54, 1.807) is 6.08 Å². The van der Waals surface area contributed by atoms with Gasteiger partial charge in [-0.1, -0.05) is 26.3 Å². The van der Waals surface area contributed by atoms with Crippen molar-refractivity contribution >= 4 is 29.6 Å². The van der Waals surface area contributed by atoms with Gasteiger partial charge in [-0.3, -0.25) is 9.59 Å². The van der Waals surface area contributed by atoms with Crippen LogP contribution in [0.4, 0.5) is 0 Å². The van der Waals surface area contributed by atoms with Crippen molar-refractivity contribution in [3.8, 4) is 0 Å². The van der Waals surface area contributed by atoms with Gasteiger partial charge >= 0.3 is 29.6 Å². The van der Waals surface area contributed by atoms with Crippen LogP contribution in [0, 0.1) is 11.3 Å². The van der Waals surface area contributed by atoms with Crippen LogP contribution < -0.4 is 34.9 Å². The van der Waals surface area contributed by atoms with Crippen LogP contribution in [0.2, 0.25) is 0 Å². The van der Waals surface area contributed by atoms with E-state index in [1.165, 1.54) is 0 Å². The Hall–Kier alpha value is -0.230. The maximum atomic E-state index is 12.1. The smallest absolute Gasteiger partial charge is 0.742 e. The molecule has 0 aliphatic carbocycles. The third kappa shape index (κ3) is 3.20. The molecule has 6 heteroatoms. The van der Waals surface area contributed by atoms with Crippen molar-refractivity contribution < 1.29 is 39.1 Å². The Morgan fingerprint density at radius 2 is 2.17 bits per heavy atom. The third-order valence-electron chi connectivity index (χ3n) is 3.24. The number of aliphatic imine (C=N–C) groups is 1. The second-order valence-corrected chi connectivity index (χ2v) is 4.72. The Balaban J connectivity index is 0.00000289. The van der Waals surface area contributed by atoms with Crippen LogP contribution in [0.15, 0.2) is 17.6 Å². The third-order valence-corrected chi connectivity index (χ3v) is 3.43. The molecule has 0 fully saturated rings. The second kappa shape index (κ2) is 7.38. The molecule has 94 valence electrons. The van der Waals surface area contributed by atoms with E-state index >= 15 is 0 Å². The SMILES string of the molecule is C=CCC1([C@@H](C)CCC)C(=O)N=C([S-])NC1=O.[Na+]. The number of hydrogen-bond donors (Lipinski definition) is 1. The van der Waals surface area contributed by atoms with Crippen LogP contribution in [0.3, 0.4) is 0 Å². The molecule has 2 amide bonds. The summed E-state index contributed by atoms with van der Waals surface area (Å²) in [4.78, 5) is 27.9. The van der Waals surface area contributed by atoms with E-state index in [0.29, 0.717) is 6.42 Å². The summed E-state index contributed by atoms with van der Waals surface area (Å²) in [6.07, 6.45) is 3.58. The quantitative estimate of drug-likeness (QED) is 0.289. The average molecular weight is 276 g/mol. The maximum Gasteiger partial charge on any atom is 1.00 e. The number of carbonyl (C=O) groups excluding carboxylic acids is 2. The standard InChI is InChI=1S/C12H18N2O2S.Na/c1-4-6-8(3)12(7-5-2)9(15)13-11(17)14-10(12)16;/h5,8H,2,4,6-7H2,1,3H3,(H2,13,14,15,16,17);/q;+1/p-1/t8-;/m0./s1. The van der Waals surface area contributed by atoms with Crippen molar-refractivity contribution in [3.05, 3.63) is 12.7 Å². The molecule has 1 heterocycles. The molecular weight excluding hydrogens is 259 g/mol. The van der Waals surface area contributed by atoms with Crippen molar-refractivity contribution in [1.29, 1.82) is 0 Å². The van der Waals surface area contributed by atoms with Crippen LogP contribution >= 0.6 is 0 Å². The molecule has 0 saturated carbocycles. The van der Waals surface area contributed by atoms with Crippen LogP contribution in [-0.2, 0) is 22.2 Å². The fourth-order valence-corrected chi connectivity index (χ4v) is 2.42. The summed E-state index contributed by atoms with van der Waals surface area (Å²) < 4.78 is 0. The number of amides is 2. The minimum atomic E-state index is -1.12. The Labute approximate surface area is 135 Å². The summed E-state index contributed by atoms with van der Waals surface area (Å²) in [7, 11) is 0. The summed E-state index contributed by atoms with van der Waals surface area (Å²) in [5.74, 6) is -0.861. The molecule has 0 aromatic carbocycles. The minimum absolute atomic E-state index is 0. The first kappa shape index (κ1) is 17.8. The maximum absolute atomic E-state index is 12.1. The van der Waals surface area contributed by atoms with Gasteiger partial charge in [0.25, 0.3) is 5.91 Å². The van der Waals surface area contributed by atoms with Gasteiger partial charge in [-0.25, -0.2) is 4.99 Å². The molecule has 0 saturated heterocycles. The number of rotatable bonds is 5. The first-order chi connectivity index (χ1) is 7.98. The van der Waals surface area contributed by atoms with E-state index in [4.69, 9.17) is 12.6 Å². The molecule has 0 bridgehead atoms. The Kier molecular flexibility index (Phi) is 7.29. The van der Waals surface area contributed by atoms with Crippen molar-refractivity contribution in [2.75, 3.05) is 0 Å². The van der Waals surface area contributed by atoms with Crippen molar-refractivity contribution in [1.82, 2.24) is 5.32 Å². The number of nitrogens with one attached hydrogen (secondary N) is 1. The van der Waals surface area contributed by atoms with Crippen LogP contribution in [0.1, 0.15) is 33.1 Å². The van der Waals surface area contributed by atoms with Gasteiger partial charge in [-0.2, -0.15) is 0 Å².